The molecule has 2 nitrogen and oxygen atoms in total. The minimum Gasteiger partial charge on any atom is -0.331 e. The summed E-state index contributed by atoms with van der Waals surface area (Å²) in [6, 6.07) is 15.3. The van der Waals surface area contributed by atoms with Gasteiger partial charge in [0.1, 0.15) is 11.6 Å². The van der Waals surface area contributed by atoms with Crippen molar-refractivity contribution in [2.24, 2.45) is 0 Å². The molecular weight excluding hydrogens is 343 g/mol. The summed E-state index contributed by atoms with van der Waals surface area (Å²) in [5.41, 5.74) is 2.22. The van der Waals surface area contributed by atoms with Crippen molar-refractivity contribution in [1.82, 2.24) is 9.55 Å². The number of aryl methyl sites for hydroxylation is 2. The minimum atomic E-state index is -0.227. The summed E-state index contributed by atoms with van der Waals surface area (Å²) in [5.74, 6) is 0.791. The molecule has 0 aliphatic heterocycles. The molecule has 0 amide bonds. The summed E-state index contributed by atoms with van der Waals surface area (Å²) in [6.45, 7) is 0.625. The predicted octanol–water partition coefficient (Wildman–Crippen LogP) is 4.62. The standard InChI is InChI=1S/C18H16BrFN2/c19-16-10-15(11-17(20)12-16)13-22-9-8-21-18(22)7-6-14-4-2-1-3-5-14/h1-5,8-12H,6-7,13H2. The van der Waals surface area contributed by atoms with Gasteiger partial charge in [-0.3, -0.25) is 0 Å². The molecule has 112 valence electrons. The van der Waals surface area contributed by atoms with E-state index in [0.29, 0.717) is 6.54 Å². The normalized spacial score (nSPS) is 10.8. The summed E-state index contributed by atoms with van der Waals surface area (Å²) in [5, 5.41) is 0. The fourth-order valence-corrected chi connectivity index (χ4v) is 3.02. The van der Waals surface area contributed by atoms with Gasteiger partial charge >= 0.3 is 0 Å². The molecule has 0 saturated heterocycles. The Balaban J connectivity index is 1.72. The maximum absolute atomic E-state index is 13.5. The first kappa shape index (κ1) is 15.0. The first-order valence-corrected chi connectivity index (χ1v) is 7.99. The first-order chi connectivity index (χ1) is 10.7. The van der Waals surface area contributed by atoms with Gasteiger partial charge in [-0.2, -0.15) is 0 Å². The van der Waals surface area contributed by atoms with Crippen LogP contribution >= 0.6 is 15.9 Å². The van der Waals surface area contributed by atoms with Gasteiger partial charge in [-0.1, -0.05) is 46.3 Å². The first-order valence-electron chi connectivity index (χ1n) is 7.19. The van der Waals surface area contributed by atoms with Crippen molar-refractivity contribution in [2.75, 3.05) is 0 Å². The maximum atomic E-state index is 13.5. The van der Waals surface area contributed by atoms with Crippen LogP contribution in [-0.2, 0) is 19.4 Å². The second kappa shape index (κ2) is 6.88. The van der Waals surface area contributed by atoms with Crippen LogP contribution in [0.2, 0.25) is 0 Å². The lowest BCUT2D eigenvalue weighted by Crippen LogP contribution is -2.06. The van der Waals surface area contributed by atoms with Crippen LogP contribution in [0.3, 0.4) is 0 Å². The Labute approximate surface area is 137 Å². The van der Waals surface area contributed by atoms with Gasteiger partial charge < -0.3 is 4.57 Å². The van der Waals surface area contributed by atoms with E-state index in [-0.39, 0.29) is 5.82 Å². The lowest BCUT2D eigenvalue weighted by Gasteiger charge is -2.09. The van der Waals surface area contributed by atoms with Crippen LogP contribution in [0.15, 0.2) is 65.4 Å². The van der Waals surface area contributed by atoms with E-state index in [1.165, 1.54) is 11.6 Å². The highest BCUT2D eigenvalue weighted by Gasteiger charge is 2.06. The van der Waals surface area contributed by atoms with Crippen molar-refractivity contribution in [3.63, 3.8) is 0 Å². The van der Waals surface area contributed by atoms with Crippen LogP contribution in [0.1, 0.15) is 17.0 Å². The zero-order chi connectivity index (χ0) is 15.4. The van der Waals surface area contributed by atoms with Gasteiger partial charge in [0, 0.05) is 29.8 Å². The quantitative estimate of drug-likeness (QED) is 0.650. The Bertz CT molecular complexity index is 733. The van der Waals surface area contributed by atoms with Crippen LogP contribution in [0.5, 0.6) is 0 Å². The van der Waals surface area contributed by atoms with E-state index >= 15 is 0 Å². The second-order valence-electron chi connectivity index (χ2n) is 5.23. The van der Waals surface area contributed by atoms with E-state index in [1.807, 2.05) is 30.5 Å². The van der Waals surface area contributed by atoms with Gasteiger partial charge in [0.25, 0.3) is 0 Å². The largest absolute Gasteiger partial charge is 0.331 e. The van der Waals surface area contributed by atoms with E-state index in [1.54, 1.807) is 12.3 Å². The molecule has 22 heavy (non-hydrogen) atoms. The third-order valence-electron chi connectivity index (χ3n) is 3.56. The maximum Gasteiger partial charge on any atom is 0.124 e. The lowest BCUT2D eigenvalue weighted by atomic mass is 10.1. The Morgan fingerprint density at radius 2 is 1.82 bits per heavy atom. The molecule has 3 rings (SSSR count). The summed E-state index contributed by atoms with van der Waals surface area (Å²) in [4.78, 5) is 4.43. The summed E-state index contributed by atoms with van der Waals surface area (Å²) < 4.78 is 16.3. The topological polar surface area (TPSA) is 17.8 Å². The molecule has 0 radical (unpaired) electrons. The van der Waals surface area contributed by atoms with Gasteiger partial charge in [0.05, 0.1) is 0 Å². The van der Waals surface area contributed by atoms with Gasteiger partial charge in [0.2, 0.25) is 0 Å². The molecule has 0 N–H and O–H groups in total. The molecule has 0 saturated carbocycles. The highest BCUT2D eigenvalue weighted by atomic mass is 79.9. The molecule has 3 aromatic rings. The summed E-state index contributed by atoms with van der Waals surface area (Å²) in [7, 11) is 0. The highest BCUT2D eigenvalue weighted by molar-refractivity contribution is 9.10. The number of hydrogen-bond donors (Lipinski definition) is 0. The van der Waals surface area contributed by atoms with Gasteiger partial charge in [-0.15, -0.1) is 0 Å². The van der Waals surface area contributed by atoms with E-state index in [2.05, 4.69) is 37.6 Å². The van der Waals surface area contributed by atoms with Crippen LogP contribution in [0, 0.1) is 5.82 Å². The fraction of sp³-hybridized carbons (Fsp3) is 0.167. The zero-order valence-electron chi connectivity index (χ0n) is 12.0. The number of rotatable bonds is 5. The number of hydrogen-bond acceptors (Lipinski definition) is 1. The number of imidazole rings is 1. The fourth-order valence-electron chi connectivity index (χ4n) is 2.51. The molecule has 0 unspecified atom stereocenters. The van der Waals surface area contributed by atoms with Gasteiger partial charge in [-0.05, 0) is 35.7 Å². The average Bonchev–Trinajstić information content (AvgIpc) is 2.92. The van der Waals surface area contributed by atoms with Crippen LogP contribution in [-0.4, -0.2) is 9.55 Å². The van der Waals surface area contributed by atoms with E-state index in [4.69, 9.17) is 0 Å². The van der Waals surface area contributed by atoms with Crippen molar-refractivity contribution < 1.29 is 4.39 Å². The second-order valence-corrected chi connectivity index (χ2v) is 6.15. The summed E-state index contributed by atoms with van der Waals surface area (Å²) >= 11 is 3.33. The molecule has 4 heteroatoms. The number of nitrogens with zero attached hydrogens (tertiary/aromatic N) is 2. The van der Waals surface area contributed by atoms with E-state index < -0.39 is 0 Å². The van der Waals surface area contributed by atoms with Crippen molar-refractivity contribution in [1.29, 1.82) is 0 Å². The van der Waals surface area contributed by atoms with Crippen molar-refractivity contribution in [2.45, 2.75) is 19.4 Å². The minimum absolute atomic E-state index is 0.227. The van der Waals surface area contributed by atoms with E-state index in [0.717, 1.165) is 28.7 Å². The van der Waals surface area contributed by atoms with Crippen molar-refractivity contribution in [3.05, 3.63) is 88.2 Å². The van der Waals surface area contributed by atoms with E-state index in [9.17, 15) is 4.39 Å². The Kier molecular flexibility index (Phi) is 4.68. The SMILES string of the molecule is Fc1cc(Br)cc(Cn2ccnc2CCc2ccccc2)c1. The molecular formula is C18H16BrFN2. The van der Waals surface area contributed by atoms with Gasteiger partial charge in [-0.25, -0.2) is 9.37 Å². The number of halogens is 2. The molecule has 0 aliphatic carbocycles. The van der Waals surface area contributed by atoms with Crippen LogP contribution in [0.4, 0.5) is 4.39 Å². The molecule has 0 fully saturated rings. The third kappa shape index (κ3) is 3.83. The average molecular weight is 359 g/mol. The van der Waals surface area contributed by atoms with Crippen molar-refractivity contribution >= 4 is 15.9 Å². The molecule has 1 heterocycles. The molecule has 1 aromatic heterocycles. The molecule has 0 aliphatic rings. The predicted molar refractivity (Wildman–Crippen MR) is 89.3 cm³/mol. The molecule has 0 spiro atoms. The third-order valence-corrected chi connectivity index (χ3v) is 4.01. The zero-order valence-corrected chi connectivity index (χ0v) is 13.6. The molecule has 2 aromatic carbocycles. The number of aromatic nitrogens is 2. The van der Waals surface area contributed by atoms with Crippen LogP contribution in [0.25, 0.3) is 0 Å². The highest BCUT2D eigenvalue weighted by Crippen LogP contribution is 2.17. The Morgan fingerprint density at radius 1 is 1.00 bits per heavy atom. The smallest absolute Gasteiger partial charge is 0.124 e. The van der Waals surface area contributed by atoms with Crippen molar-refractivity contribution in [3.8, 4) is 0 Å². The molecule has 0 bridgehead atoms. The Morgan fingerprint density at radius 3 is 2.59 bits per heavy atom. The number of benzene rings is 2. The summed E-state index contributed by atoms with van der Waals surface area (Å²) in [6.07, 6.45) is 5.56. The molecule has 0 atom stereocenters. The monoisotopic (exact) mass is 358 g/mol. The van der Waals surface area contributed by atoms with Gasteiger partial charge in [0.15, 0.2) is 0 Å². The lowest BCUT2D eigenvalue weighted by molar-refractivity contribution is 0.621. The Hall–Kier alpha value is -1.94. The van der Waals surface area contributed by atoms with Crippen LogP contribution < -0.4 is 0 Å².